The van der Waals surface area contributed by atoms with Gasteiger partial charge in [-0.2, -0.15) is 0 Å². The molecule has 1 aromatic carbocycles. The van der Waals surface area contributed by atoms with Crippen LogP contribution in [0.3, 0.4) is 0 Å². The summed E-state index contributed by atoms with van der Waals surface area (Å²) >= 11 is 6.09. The number of nitrogens with two attached hydrogens (primary N) is 1. The largest absolute Gasteiger partial charge is 0.271 e. The van der Waals surface area contributed by atoms with Crippen LogP contribution in [0.15, 0.2) is 36.7 Å². The molecule has 2 rings (SSSR count). The van der Waals surface area contributed by atoms with E-state index in [-0.39, 0.29) is 11.9 Å². The zero-order valence-corrected chi connectivity index (χ0v) is 10.6. The van der Waals surface area contributed by atoms with Crippen molar-refractivity contribution in [3.63, 3.8) is 0 Å². The minimum Gasteiger partial charge on any atom is -0.271 e. The topological polar surface area (TPSA) is 50.9 Å². The molecule has 1 unspecified atom stereocenters. The highest BCUT2D eigenvalue weighted by Gasteiger charge is 2.18. The molecule has 1 atom stereocenters. The summed E-state index contributed by atoms with van der Waals surface area (Å²) in [7, 11) is 0. The molecule has 5 heteroatoms. The first-order valence-electron chi connectivity index (χ1n) is 5.45. The van der Waals surface area contributed by atoms with E-state index in [2.05, 4.69) is 10.4 Å². The predicted octanol–water partition coefficient (Wildman–Crippen LogP) is 2.74. The smallest absolute Gasteiger partial charge is 0.123 e. The molecule has 0 radical (unpaired) electrons. The van der Waals surface area contributed by atoms with E-state index in [9.17, 15) is 4.39 Å². The summed E-state index contributed by atoms with van der Waals surface area (Å²) in [4.78, 5) is 4.02. The second-order valence-electron chi connectivity index (χ2n) is 4.00. The Hall–Kier alpha value is -1.49. The van der Waals surface area contributed by atoms with Crippen molar-refractivity contribution in [2.45, 2.75) is 13.0 Å². The van der Waals surface area contributed by atoms with E-state index in [0.717, 1.165) is 11.1 Å². The third-order valence-corrected chi connectivity index (χ3v) is 3.15. The van der Waals surface area contributed by atoms with Crippen LogP contribution >= 0.6 is 11.6 Å². The number of pyridine rings is 1. The van der Waals surface area contributed by atoms with Gasteiger partial charge in [0, 0.05) is 17.4 Å². The predicted molar refractivity (Wildman–Crippen MR) is 69.6 cm³/mol. The van der Waals surface area contributed by atoms with E-state index in [1.165, 1.54) is 18.2 Å². The second kappa shape index (κ2) is 5.44. The molecule has 0 aliphatic heterocycles. The number of rotatable bonds is 3. The zero-order valence-electron chi connectivity index (χ0n) is 9.82. The third-order valence-electron chi connectivity index (χ3n) is 2.81. The summed E-state index contributed by atoms with van der Waals surface area (Å²) in [5.41, 5.74) is 5.15. The summed E-state index contributed by atoms with van der Waals surface area (Å²) in [6.07, 6.45) is 3.40. The fourth-order valence-corrected chi connectivity index (χ4v) is 2.12. The van der Waals surface area contributed by atoms with Crippen LogP contribution in [0.5, 0.6) is 0 Å². The Balaban J connectivity index is 2.52. The average molecular weight is 266 g/mol. The van der Waals surface area contributed by atoms with Crippen LogP contribution in [-0.4, -0.2) is 4.98 Å². The van der Waals surface area contributed by atoms with E-state index in [4.69, 9.17) is 17.4 Å². The van der Waals surface area contributed by atoms with E-state index >= 15 is 0 Å². The van der Waals surface area contributed by atoms with Crippen LogP contribution in [0.1, 0.15) is 22.7 Å². The summed E-state index contributed by atoms with van der Waals surface area (Å²) < 4.78 is 13.3. The number of hydrogen-bond donors (Lipinski definition) is 2. The van der Waals surface area contributed by atoms with Gasteiger partial charge in [0.2, 0.25) is 0 Å². The van der Waals surface area contributed by atoms with E-state index in [1.54, 1.807) is 12.4 Å². The normalized spacial score (nSPS) is 12.4. The maximum absolute atomic E-state index is 13.3. The molecular formula is C13H13ClFN3. The Labute approximate surface area is 110 Å². The molecule has 94 valence electrons. The van der Waals surface area contributed by atoms with Gasteiger partial charge in [0.25, 0.3) is 0 Å². The number of benzene rings is 1. The molecule has 1 aromatic heterocycles. The summed E-state index contributed by atoms with van der Waals surface area (Å²) in [6.45, 7) is 1.92. The van der Waals surface area contributed by atoms with Crippen LogP contribution in [0.4, 0.5) is 4.39 Å². The van der Waals surface area contributed by atoms with Gasteiger partial charge < -0.3 is 0 Å². The van der Waals surface area contributed by atoms with Crippen molar-refractivity contribution < 1.29 is 4.39 Å². The van der Waals surface area contributed by atoms with Gasteiger partial charge in [-0.1, -0.05) is 11.6 Å². The fourth-order valence-electron chi connectivity index (χ4n) is 1.89. The first-order valence-corrected chi connectivity index (χ1v) is 5.83. The summed E-state index contributed by atoms with van der Waals surface area (Å²) in [5, 5.41) is 0.468. The standard InChI is InChI=1S/C13H13ClFN3/c1-8-7-17-5-4-10(8)13(18-16)11-6-9(15)2-3-12(11)14/h2-7,13,18H,16H2,1H3. The minimum absolute atomic E-state index is 0.346. The van der Waals surface area contributed by atoms with Gasteiger partial charge in [0.1, 0.15) is 5.82 Å². The first kappa shape index (κ1) is 13.0. The summed E-state index contributed by atoms with van der Waals surface area (Å²) in [6, 6.07) is 5.69. The Morgan fingerprint density at radius 3 is 2.78 bits per heavy atom. The monoisotopic (exact) mass is 265 g/mol. The average Bonchev–Trinajstić information content (AvgIpc) is 2.36. The molecule has 0 spiro atoms. The highest BCUT2D eigenvalue weighted by Crippen LogP contribution is 2.29. The molecule has 1 heterocycles. The quantitative estimate of drug-likeness (QED) is 0.663. The molecule has 2 aromatic rings. The lowest BCUT2D eigenvalue weighted by Gasteiger charge is -2.19. The van der Waals surface area contributed by atoms with E-state index in [0.29, 0.717) is 10.6 Å². The van der Waals surface area contributed by atoms with E-state index in [1.807, 2.05) is 13.0 Å². The highest BCUT2D eigenvalue weighted by molar-refractivity contribution is 6.31. The second-order valence-corrected chi connectivity index (χ2v) is 4.40. The number of hydrazine groups is 1. The van der Waals surface area contributed by atoms with Crippen LogP contribution in [0.25, 0.3) is 0 Å². The number of aryl methyl sites for hydroxylation is 1. The van der Waals surface area contributed by atoms with Gasteiger partial charge in [-0.3, -0.25) is 10.8 Å². The summed E-state index contributed by atoms with van der Waals surface area (Å²) in [5.74, 6) is 5.23. The van der Waals surface area contributed by atoms with Crippen molar-refractivity contribution in [2.75, 3.05) is 0 Å². The number of nitrogens with one attached hydrogen (secondary N) is 1. The first-order chi connectivity index (χ1) is 8.63. The van der Waals surface area contributed by atoms with Crippen LogP contribution in [0.2, 0.25) is 5.02 Å². The van der Waals surface area contributed by atoms with Gasteiger partial charge in [-0.15, -0.1) is 0 Å². The van der Waals surface area contributed by atoms with E-state index < -0.39 is 0 Å². The molecule has 0 fully saturated rings. The van der Waals surface area contributed by atoms with Gasteiger partial charge in [0.05, 0.1) is 6.04 Å². The molecule has 18 heavy (non-hydrogen) atoms. The van der Waals surface area contributed by atoms with Crippen LogP contribution < -0.4 is 11.3 Å². The molecular weight excluding hydrogens is 253 g/mol. The Bertz CT molecular complexity index is 560. The Morgan fingerprint density at radius 1 is 1.33 bits per heavy atom. The Morgan fingerprint density at radius 2 is 2.11 bits per heavy atom. The maximum Gasteiger partial charge on any atom is 0.123 e. The van der Waals surface area contributed by atoms with Crippen molar-refractivity contribution >= 4 is 11.6 Å². The molecule has 0 aliphatic carbocycles. The molecule has 3 N–H and O–H groups in total. The number of halogens is 2. The molecule has 0 saturated carbocycles. The van der Waals surface area contributed by atoms with Gasteiger partial charge >= 0.3 is 0 Å². The van der Waals surface area contributed by atoms with Gasteiger partial charge in [0.15, 0.2) is 0 Å². The lowest BCUT2D eigenvalue weighted by Crippen LogP contribution is -2.29. The zero-order chi connectivity index (χ0) is 13.1. The van der Waals surface area contributed by atoms with Crippen molar-refractivity contribution in [1.82, 2.24) is 10.4 Å². The van der Waals surface area contributed by atoms with Crippen LogP contribution in [-0.2, 0) is 0 Å². The molecule has 3 nitrogen and oxygen atoms in total. The van der Waals surface area contributed by atoms with Crippen molar-refractivity contribution in [1.29, 1.82) is 0 Å². The van der Waals surface area contributed by atoms with Crippen molar-refractivity contribution in [3.05, 3.63) is 64.2 Å². The van der Waals surface area contributed by atoms with Gasteiger partial charge in [-0.25, -0.2) is 9.82 Å². The lowest BCUT2D eigenvalue weighted by atomic mass is 9.97. The van der Waals surface area contributed by atoms with Crippen LogP contribution in [0, 0.1) is 12.7 Å². The number of aromatic nitrogens is 1. The molecule has 0 saturated heterocycles. The number of hydrogen-bond acceptors (Lipinski definition) is 3. The fraction of sp³-hybridized carbons (Fsp3) is 0.154. The lowest BCUT2D eigenvalue weighted by molar-refractivity contribution is 0.604. The Kier molecular flexibility index (Phi) is 3.91. The van der Waals surface area contributed by atoms with Crippen molar-refractivity contribution in [3.8, 4) is 0 Å². The van der Waals surface area contributed by atoms with Gasteiger partial charge in [-0.05, 0) is 47.9 Å². The highest BCUT2D eigenvalue weighted by atomic mass is 35.5. The van der Waals surface area contributed by atoms with Crippen molar-refractivity contribution in [2.24, 2.45) is 5.84 Å². The SMILES string of the molecule is Cc1cnccc1C(NN)c1cc(F)ccc1Cl. The third kappa shape index (κ3) is 2.51. The molecule has 0 amide bonds. The number of nitrogens with zero attached hydrogens (tertiary/aromatic N) is 1. The molecule has 0 aliphatic rings. The molecule has 0 bridgehead atoms. The minimum atomic E-state index is -0.365. The maximum atomic E-state index is 13.3.